The van der Waals surface area contributed by atoms with E-state index in [0.29, 0.717) is 81.3 Å². The minimum Gasteiger partial charge on any atom is -0.377 e. The molecule has 3 amide bonds. The number of hydrogen-bond donors (Lipinski definition) is 1. The Kier molecular flexibility index (Phi) is 18.9. The Morgan fingerprint density at radius 3 is 2.35 bits per heavy atom. The molecule has 0 spiro atoms. The molecule has 3 saturated heterocycles. The van der Waals surface area contributed by atoms with E-state index >= 15 is 0 Å². The number of hydrogen-bond acceptors (Lipinski definition) is 12. The van der Waals surface area contributed by atoms with Crippen molar-refractivity contribution in [2.75, 3.05) is 102 Å². The Hall–Kier alpha value is -5.53. The first kappa shape index (κ1) is 53.3. The highest BCUT2D eigenvalue weighted by Gasteiger charge is 2.41. The number of anilines is 2. The first-order valence-electron chi connectivity index (χ1n) is 25.2. The van der Waals surface area contributed by atoms with Crippen molar-refractivity contribution in [2.45, 2.75) is 89.8 Å². The second kappa shape index (κ2) is 25.2. The van der Waals surface area contributed by atoms with Crippen molar-refractivity contribution in [2.24, 2.45) is 16.1 Å². The molecule has 3 aromatic carbocycles. The van der Waals surface area contributed by atoms with Crippen LogP contribution in [0.15, 0.2) is 64.8 Å². The van der Waals surface area contributed by atoms with Gasteiger partial charge in [-0.1, -0.05) is 25.5 Å². The van der Waals surface area contributed by atoms with Gasteiger partial charge in [-0.05, 0) is 129 Å². The molecule has 1 N–H and O–H groups in total. The number of carbonyl (C=O) groups is 4. The molecule has 1 atom stereocenters. The lowest BCUT2D eigenvalue weighted by Gasteiger charge is -2.40. The number of amides is 3. The van der Waals surface area contributed by atoms with Gasteiger partial charge in [0.25, 0.3) is 5.91 Å². The van der Waals surface area contributed by atoms with Crippen LogP contribution in [0.4, 0.5) is 24.5 Å². The van der Waals surface area contributed by atoms with Crippen LogP contribution in [0.2, 0.25) is 0 Å². The molecule has 18 heteroatoms. The van der Waals surface area contributed by atoms with Crippen LogP contribution >= 0.6 is 0 Å². The van der Waals surface area contributed by atoms with Crippen LogP contribution in [0.1, 0.15) is 94.0 Å². The van der Waals surface area contributed by atoms with Gasteiger partial charge in [0.05, 0.1) is 30.9 Å². The zero-order chi connectivity index (χ0) is 50.5. The summed E-state index contributed by atoms with van der Waals surface area (Å²) in [7, 11) is 3.71. The van der Waals surface area contributed by atoms with E-state index in [2.05, 4.69) is 47.9 Å². The number of piperazine rings is 1. The average molecular weight is 985 g/mol. The summed E-state index contributed by atoms with van der Waals surface area (Å²) in [6.07, 6.45) is 4.27. The SMILES string of the molecule is C=N/N=C\N(C)CCc1cccc(N2Cc3c(cc(CN4CCC(OCCN5CCC(CN6CCN(c7ccc(C=O)c(CN(C)C(CCC)C(=O)NC=O)c7)CC6)CC5)CC4)cc3C(F)(F)F)C2=O)c1. The summed E-state index contributed by atoms with van der Waals surface area (Å²) in [6.45, 7) is 16.4. The van der Waals surface area contributed by atoms with Gasteiger partial charge in [-0.25, -0.2) is 0 Å². The molecule has 1 unspecified atom stereocenters. The first-order valence-corrected chi connectivity index (χ1v) is 25.2. The fourth-order valence-electron chi connectivity index (χ4n) is 10.6. The standard InChI is InChI=1S/C53H71F3N10O5/c1-5-7-50(51(69)58-38-68)61(4)34-43-31-44(11-10-42(43)36-67)65-24-22-64(23-25-65)32-40-13-18-62(19-14-40)26-27-71-46-15-20-63(21-16-46)33-41-29-47-48(49(30-41)53(54,55)56)35-66(52(47)70)45-9-6-8-39(28-45)12-17-60(3)37-59-57-2/h6,8-11,28-31,36-38,40,46,50H,2,5,7,12-27,32-35H2,1,3-4H3,(H,58,68,69)/b59-37-. The maximum absolute atomic E-state index is 14.6. The third-order valence-electron chi connectivity index (χ3n) is 14.6. The van der Waals surface area contributed by atoms with Crippen LogP contribution in [-0.4, -0.2) is 167 Å². The van der Waals surface area contributed by atoms with Crippen molar-refractivity contribution in [3.63, 3.8) is 0 Å². The van der Waals surface area contributed by atoms with Gasteiger partial charge >= 0.3 is 6.18 Å². The van der Waals surface area contributed by atoms with E-state index in [1.54, 1.807) is 18.5 Å². The second-order valence-corrected chi connectivity index (χ2v) is 19.6. The summed E-state index contributed by atoms with van der Waals surface area (Å²) in [5, 5.41) is 9.54. The molecule has 3 aromatic rings. The van der Waals surface area contributed by atoms with Crippen molar-refractivity contribution in [3.8, 4) is 0 Å². The van der Waals surface area contributed by atoms with Gasteiger partial charge in [0.15, 0.2) is 0 Å². The van der Waals surface area contributed by atoms with E-state index < -0.39 is 23.7 Å². The van der Waals surface area contributed by atoms with Gasteiger partial charge in [0.1, 0.15) is 12.6 Å². The molecular formula is C53H71F3N10O5. The second-order valence-electron chi connectivity index (χ2n) is 19.6. The largest absolute Gasteiger partial charge is 0.416 e. The Morgan fingerprint density at radius 1 is 0.915 bits per heavy atom. The Labute approximate surface area is 416 Å². The monoisotopic (exact) mass is 985 g/mol. The van der Waals surface area contributed by atoms with E-state index in [4.69, 9.17) is 4.74 Å². The number of alkyl halides is 3. The number of nitrogens with zero attached hydrogens (tertiary/aromatic N) is 9. The van der Waals surface area contributed by atoms with Crippen LogP contribution in [-0.2, 0) is 46.6 Å². The molecule has 0 radical (unpaired) electrons. The molecule has 3 fully saturated rings. The maximum Gasteiger partial charge on any atom is 0.416 e. The van der Waals surface area contributed by atoms with Gasteiger partial charge < -0.3 is 24.3 Å². The number of halogens is 3. The smallest absolute Gasteiger partial charge is 0.377 e. The van der Waals surface area contributed by atoms with Gasteiger partial charge in [-0.3, -0.25) is 39.2 Å². The summed E-state index contributed by atoms with van der Waals surface area (Å²) in [4.78, 5) is 64.1. The van der Waals surface area contributed by atoms with Crippen molar-refractivity contribution in [1.82, 2.24) is 29.8 Å². The highest BCUT2D eigenvalue weighted by molar-refractivity contribution is 6.10. The number of imide groups is 1. The number of piperidine rings is 2. The van der Waals surface area contributed by atoms with Crippen molar-refractivity contribution >= 4 is 48.9 Å². The summed E-state index contributed by atoms with van der Waals surface area (Å²) < 4.78 is 50.0. The van der Waals surface area contributed by atoms with Crippen LogP contribution < -0.4 is 15.1 Å². The predicted octanol–water partition coefficient (Wildman–Crippen LogP) is 6.18. The number of rotatable bonds is 23. The zero-order valence-corrected chi connectivity index (χ0v) is 41.6. The number of fused-ring (bicyclic) bond motifs is 1. The highest BCUT2D eigenvalue weighted by atomic mass is 19.4. The molecule has 15 nitrogen and oxygen atoms in total. The first-order chi connectivity index (χ1) is 34.3. The molecule has 4 heterocycles. The molecule has 0 bridgehead atoms. The summed E-state index contributed by atoms with van der Waals surface area (Å²) >= 11 is 0. The van der Waals surface area contributed by atoms with Crippen molar-refractivity contribution < 1.29 is 37.1 Å². The third-order valence-corrected chi connectivity index (χ3v) is 14.6. The van der Waals surface area contributed by atoms with Gasteiger partial charge in [-0.15, -0.1) is 5.10 Å². The fraction of sp³-hybridized carbons (Fsp3) is 0.547. The molecule has 4 aliphatic rings. The van der Waals surface area contributed by atoms with E-state index in [1.165, 1.54) is 11.0 Å². The van der Waals surface area contributed by atoms with Gasteiger partial charge in [-0.2, -0.15) is 18.3 Å². The molecule has 384 valence electrons. The lowest BCUT2D eigenvalue weighted by molar-refractivity contribution is -0.138. The van der Waals surface area contributed by atoms with Crippen LogP contribution in [0.25, 0.3) is 0 Å². The van der Waals surface area contributed by atoms with Gasteiger partial charge in [0, 0.05) is 108 Å². The number of aldehydes is 1. The van der Waals surface area contributed by atoms with Crippen LogP contribution in [0.3, 0.4) is 0 Å². The number of benzene rings is 3. The normalized spacial score (nSPS) is 18.3. The van der Waals surface area contributed by atoms with Crippen LogP contribution in [0, 0.1) is 5.92 Å². The molecule has 0 saturated carbocycles. The van der Waals surface area contributed by atoms with E-state index in [1.807, 2.05) is 61.2 Å². The molecule has 4 aliphatic heterocycles. The maximum atomic E-state index is 14.6. The van der Waals surface area contributed by atoms with Gasteiger partial charge in [0.2, 0.25) is 12.3 Å². The lowest BCUT2D eigenvalue weighted by Crippen LogP contribution is -2.49. The number of carbonyl (C=O) groups excluding carboxylic acids is 4. The predicted molar refractivity (Wildman–Crippen MR) is 271 cm³/mol. The third kappa shape index (κ3) is 14.3. The quantitative estimate of drug-likeness (QED) is 0.0505. The Bertz CT molecular complexity index is 2330. The fourth-order valence-corrected chi connectivity index (χ4v) is 10.6. The van der Waals surface area contributed by atoms with E-state index in [9.17, 15) is 32.3 Å². The zero-order valence-electron chi connectivity index (χ0n) is 41.6. The minimum absolute atomic E-state index is 0.0247. The van der Waals surface area contributed by atoms with Crippen LogP contribution in [0.5, 0.6) is 0 Å². The summed E-state index contributed by atoms with van der Waals surface area (Å²) in [6, 6.07) is 15.7. The van der Waals surface area contributed by atoms with E-state index in [0.717, 1.165) is 108 Å². The Balaban J connectivity index is 0.812. The number of nitrogens with one attached hydrogen (secondary N) is 1. The molecule has 0 aromatic heterocycles. The van der Waals surface area contributed by atoms with Crippen molar-refractivity contribution in [3.05, 3.63) is 93.5 Å². The number of likely N-dealkylation sites (tertiary alicyclic amines) is 2. The summed E-state index contributed by atoms with van der Waals surface area (Å²) in [5.41, 5.74) is 3.93. The topological polar surface area (TPSA) is 137 Å². The summed E-state index contributed by atoms with van der Waals surface area (Å²) in [5.74, 6) is -0.115. The molecular weight excluding hydrogens is 914 g/mol. The minimum atomic E-state index is -4.60. The molecule has 71 heavy (non-hydrogen) atoms. The molecule has 0 aliphatic carbocycles. The van der Waals surface area contributed by atoms with Crippen molar-refractivity contribution in [1.29, 1.82) is 0 Å². The number of likely N-dealkylation sites (N-methyl/N-ethyl adjacent to an activating group) is 2. The highest BCUT2D eigenvalue weighted by Crippen LogP contribution is 2.40. The lowest BCUT2D eigenvalue weighted by atomic mass is 9.96. The molecule has 7 rings (SSSR count). The number of ether oxygens (including phenoxy) is 1. The Morgan fingerprint density at radius 2 is 1.66 bits per heavy atom. The van der Waals surface area contributed by atoms with E-state index in [-0.39, 0.29) is 29.7 Å². The average Bonchev–Trinajstić information content (AvgIpc) is 3.70.